The van der Waals surface area contributed by atoms with E-state index >= 15 is 0 Å². The Balaban J connectivity index is 1.62. The van der Waals surface area contributed by atoms with Gasteiger partial charge in [0.25, 0.3) is 0 Å². The molecule has 1 N–H and O–H groups in total. The summed E-state index contributed by atoms with van der Waals surface area (Å²) >= 11 is 1.68. The van der Waals surface area contributed by atoms with Gasteiger partial charge in [-0.25, -0.2) is 4.79 Å². The molecule has 0 bridgehead atoms. The molecule has 112 valence electrons. The van der Waals surface area contributed by atoms with Gasteiger partial charge in [0.1, 0.15) is 6.33 Å². The van der Waals surface area contributed by atoms with E-state index in [0.29, 0.717) is 6.54 Å². The van der Waals surface area contributed by atoms with E-state index in [9.17, 15) is 4.79 Å². The van der Waals surface area contributed by atoms with Crippen molar-refractivity contribution in [2.75, 3.05) is 6.54 Å². The van der Waals surface area contributed by atoms with E-state index in [4.69, 9.17) is 0 Å². The summed E-state index contributed by atoms with van der Waals surface area (Å²) in [5.41, 5.74) is 1.24. The molecule has 0 saturated carbocycles. The molecular formula is C14H19N5OS. The van der Waals surface area contributed by atoms with Crippen LogP contribution < -0.4 is 5.32 Å². The van der Waals surface area contributed by atoms with E-state index in [2.05, 4.69) is 32.3 Å². The second-order valence-electron chi connectivity index (χ2n) is 5.10. The second-order valence-corrected chi connectivity index (χ2v) is 5.88. The van der Waals surface area contributed by atoms with Crippen LogP contribution in [0.25, 0.3) is 0 Å². The summed E-state index contributed by atoms with van der Waals surface area (Å²) in [5.74, 6) is 0.789. The van der Waals surface area contributed by atoms with Crippen molar-refractivity contribution in [1.82, 2.24) is 25.0 Å². The normalized spacial score (nSPS) is 18.1. The number of nitrogens with zero attached hydrogens (tertiary/aromatic N) is 4. The number of thiophene rings is 1. The van der Waals surface area contributed by atoms with Crippen molar-refractivity contribution in [1.29, 1.82) is 0 Å². The van der Waals surface area contributed by atoms with Crippen molar-refractivity contribution in [3.05, 3.63) is 34.5 Å². The van der Waals surface area contributed by atoms with Gasteiger partial charge in [-0.05, 0) is 42.2 Å². The number of aryl methyl sites for hydroxylation is 1. The molecule has 1 saturated heterocycles. The monoisotopic (exact) mass is 305 g/mol. The van der Waals surface area contributed by atoms with E-state index in [0.717, 1.165) is 31.8 Å². The number of aromatic nitrogens is 3. The zero-order valence-electron chi connectivity index (χ0n) is 12.0. The van der Waals surface area contributed by atoms with Crippen molar-refractivity contribution in [2.24, 2.45) is 0 Å². The fraction of sp³-hybridized carbons (Fsp3) is 0.500. The number of likely N-dealkylation sites (tertiary alicyclic amines) is 1. The first-order valence-electron chi connectivity index (χ1n) is 7.23. The molecule has 0 spiro atoms. The quantitative estimate of drug-likeness (QED) is 0.943. The van der Waals surface area contributed by atoms with Crippen LogP contribution in [0.15, 0.2) is 23.2 Å². The van der Waals surface area contributed by atoms with Crippen molar-refractivity contribution < 1.29 is 4.79 Å². The predicted octanol–water partition coefficient (Wildman–Crippen LogP) is 2.41. The zero-order valence-corrected chi connectivity index (χ0v) is 12.8. The highest BCUT2D eigenvalue weighted by molar-refractivity contribution is 7.07. The highest BCUT2D eigenvalue weighted by atomic mass is 32.1. The molecule has 1 fully saturated rings. The Morgan fingerprint density at radius 2 is 2.48 bits per heavy atom. The average molecular weight is 305 g/mol. The minimum atomic E-state index is -0.0191. The molecule has 0 radical (unpaired) electrons. The first-order chi connectivity index (χ1) is 10.3. The minimum Gasteiger partial charge on any atom is -0.331 e. The Kier molecular flexibility index (Phi) is 4.19. The molecule has 3 heterocycles. The standard InChI is InChI=1S/C14H19N5OS/c1-2-18-10-16-17-13(18)8-15-14(20)19-6-3-4-12(19)11-5-7-21-9-11/h5,7,9-10,12H,2-4,6,8H2,1H3,(H,15,20)/t12-/m0/s1. The Morgan fingerprint density at radius 3 is 3.24 bits per heavy atom. The van der Waals surface area contributed by atoms with Crippen LogP contribution in [-0.2, 0) is 13.1 Å². The topological polar surface area (TPSA) is 63.1 Å². The molecule has 3 rings (SSSR count). The number of carbonyl (C=O) groups excluding carboxylic acids is 1. The van der Waals surface area contributed by atoms with Crippen LogP contribution in [0.4, 0.5) is 4.79 Å². The summed E-state index contributed by atoms with van der Waals surface area (Å²) < 4.78 is 1.93. The number of rotatable bonds is 4. The van der Waals surface area contributed by atoms with Crippen LogP contribution in [0, 0.1) is 0 Å². The van der Waals surface area contributed by atoms with Gasteiger partial charge in [0.2, 0.25) is 0 Å². The van der Waals surface area contributed by atoms with Crippen LogP contribution in [-0.4, -0.2) is 32.2 Å². The molecule has 21 heavy (non-hydrogen) atoms. The number of hydrogen-bond donors (Lipinski definition) is 1. The largest absolute Gasteiger partial charge is 0.331 e. The Morgan fingerprint density at radius 1 is 1.57 bits per heavy atom. The van der Waals surface area contributed by atoms with E-state index in [1.54, 1.807) is 17.7 Å². The molecule has 7 heteroatoms. The fourth-order valence-corrected chi connectivity index (χ4v) is 3.46. The lowest BCUT2D eigenvalue weighted by molar-refractivity contribution is 0.192. The third kappa shape index (κ3) is 2.92. The Labute approximate surface area is 127 Å². The van der Waals surface area contributed by atoms with Crippen LogP contribution in [0.2, 0.25) is 0 Å². The molecule has 0 unspecified atom stereocenters. The molecule has 2 aromatic heterocycles. The molecule has 1 aliphatic rings. The van der Waals surface area contributed by atoms with Gasteiger partial charge >= 0.3 is 6.03 Å². The molecule has 0 aromatic carbocycles. The summed E-state index contributed by atoms with van der Waals surface area (Å²) in [6.45, 7) is 4.06. The molecule has 6 nitrogen and oxygen atoms in total. The number of amides is 2. The van der Waals surface area contributed by atoms with Crippen LogP contribution in [0.5, 0.6) is 0 Å². The summed E-state index contributed by atoms with van der Waals surface area (Å²) in [5, 5.41) is 15.1. The van der Waals surface area contributed by atoms with E-state index < -0.39 is 0 Å². The van der Waals surface area contributed by atoms with Crippen LogP contribution >= 0.6 is 11.3 Å². The van der Waals surface area contributed by atoms with Gasteiger partial charge in [0.15, 0.2) is 5.82 Å². The highest BCUT2D eigenvalue weighted by Gasteiger charge is 2.30. The number of nitrogens with one attached hydrogen (secondary N) is 1. The lowest BCUT2D eigenvalue weighted by atomic mass is 10.1. The number of hydrogen-bond acceptors (Lipinski definition) is 4. The van der Waals surface area contributed by atoms with Crippen LogP contribution in [0.1, 0.15) is 37.2 Å². The fourth-order valence-electron chi connectivity index (χ4n) is 2.76. The smallest absolute Gasteiger partial charge is 0.318 e. The molecule has 1 atom stereocenters. The molecule has 2 amide bonds. The van der Waals surface area contributed by atoms with E-state index in [1.807, 2.05) is 16.4 Å². The summed E-state index contributed by atoms with van der Waals surface area (Å²) in [6.07, 6.45) is 3.78. The lowest BCUT2D eigenvalue weighted by Gasteiger charge is -2.24. The van der Waals surface area contributed by atoms with Crippen molar-refractivity contribution >= 4 is 17.4 Å². The summed E-state index contributed by atoms with van der Waals surface area (Å²) in [4.78, 5) is 14.3. The zero-order chi connectivity index (χ0) is 14.7. The van der Waals surface area contributed by atoms with Crippen molar-refractivity contribution in [2.45, 2.75) is 38.9 Å². The molecule has 0 aliphatic carbocycles. The highest BCUT2D eigenvalue weighted by Crippen LogP contribution is 2.32. The summed E-state index contributed by atoms with van der Waals surface area (Å²) in [6, 6.07) is 2.30. The third-order valence-electron chi connectivity index (χ3n) is 3.88. The predicted molar refractivity (Wildman–Crippen MR) is 80.9 cm³/mol. The second kappa shape index (κ2) is 6.26. The first kappa shape index (κ1) is 14.1. The number of urea groups is 1. The van der Waals surface area contributed by atoms with Gasteiger partial charge in [-0.2, -0.15) is 11.3 Å². The minimum absolute atomic E-state index is 0.0191. The molecule has 2 aromatic rings. The van der Waals surface area contributed by atoms with Gasteiger partial charge in [0.05, 0.1) is 12.6 Å². The number of carbonyl (C=O) groups is 1. The summed E-state index contributed by atoms with van der Waals surface area (Å²) in [7, 11) is 0. The van der Waals surface area contributed by atoms with Gasteiger partial charge < -0.3 is 14.8 Å². The lowest BCUT2D eigenvalue weighted by Crippen LogP contribution is -2.39. The Hall–Kier alpha value is -1.89. The Bertz CT molecular complexity index is 594. The van der Waals surface area contributed by atoms with Crippen LogP contribution in [0.3, 0.4) is 0 Å². The maximum Gasteiger partial charge on any atom is 0.318 e. The third-order valence-corrected chi connectivity index (χ3v) is 4.58. The van der Waals surface area contributed by atoms with Gasteiger partial charge in [-0.1, -0.05) is 0 Å². The first-order valence-corrected chi connectivity index (χ1v) is 8.17. The molecule has 1 aliphatic heterocycles. The average Bonchev–Trinajstić information content (AvgIpc) is 3.23. The van der Waals surface area contributed by atoms with Crippen molar-refractivity contribution in [3.63, 3.8) is 0 Å². The molecular weight excluding hydrogens is 286 g/mol. The van der Waals surface area contributed by atoms with E-state index in [-0.39, 0.29) is 12.1 Å². The maximum absolute atomic E-state index is 12.4. The maximum atomic E-state index is 12.4. The van der Waals surface area contributed by atoms with E-state index in [1.165, 1.54) is 5.56 Å². The van der Waals surface area contributed by atoms with Gasteiger partial charge in [-0.15, -0.1) is 10.2 Å². The van der Waals surface area contributed by atoms with Gasteiger partial charge in [0, 0.05) is 13.1 Å². The van der Waals surface area contributed by atoms with Gasteiger partial charge in [-0.3, -0.25) is 0 Å². The SMILES string of the molecule is CCn1cnnc1CNC(=O)N1CCC[C@H]1c1ccsc1. The van der Waals surface area contributed by atoms with Crippen molar-refractivity contribution in [3.8, 4) is 0 Å².